The molecule has 1 rings (SSSR count). The fraction of sp³-hybridized carbons (Fsp3) is 0.923. The molecule has 1 aliphatic heterocycles. The quantitative estimate of drug-likeness (QED) is 0.649. The molecule has 94 valence electrons. The van der Waals surface area contributed by atoms with Crippen molar-refractivity contribution in [3.63, 3.8) is 0 Å². The van der Waals surface area contributed by atoms with Crippen LogP contribution in [0.25, 0.3) is 0 Å². The number of carbonyl (C=O) groups excluding carboxylic acids is 1. The van der Waals surface area contributed by atoms with Crippen LogP contribution in [0, 0.1) is 0 Å². The number of rotatable bonds is 6. The van der Waals surface area contributed by atoms with Gasteiger partial charge in [0.25, 0.3) is 0 Å². The van der Waals surface area contributed by atoms with E-state index in [4.69, 9.17) is 4.74 Å². The van der Waals surface area contributed by atoms with Crippen LogP contribution in [0.3, 0.4) is 0 Å². The van der Waals surface area contributed by atoms with E-state index in [1.54, 1.807) is 0 Å². The summed E-state index contributed by atoms with van der Waals surface area (Å²) >= 11 is 0. The molecule has 0 saturated carbocycles. The Labute approximate surface area is 99.1 Å². The van der Waals surface area contributed by atoms with Gasteiger partial charge in [0.2, 0.25) is 0 Å². The van der Waals surface area contributed by atoms with Gasteiger partial charge in [0, 0.05) is 12.6 Å². The molecule has 1 fully saturated rings. The zero-order chi connectivity index (χ0) is 11.8. The molecule has 1 atom stereocenters. The van der Waals surface area contributed by atoms with E-state index in [-0.39, 0.29) is 6.09 Å². The molecular formula is C13H25NO2. The first-order valence-electron chi connectivity index (χ1n) is 6.64. The third-order valence-corrected chi connectivity index (χ3v) is 3.43. The van der Waals surface area contributed by atoms with Gasteiger partial charge >= 0.3 is 6.09 Å². The van der Waals surface area contributed by atoms with Crippen LogP contribution in [-0.4, -0.2) is 30.7 Å². The molecule has 0 aromatic heterocycles. The van der Waals surface area contributed by atoms with Gasteiger partial charge in [-0.15, -0.1) is 0 Å². The van der Waals surface area contributed by atoms with Crippen molar-refractivity contribution in [3.05, 3.63) is 0 Å². The maximum atomic E-state index is 11.5. The van der Waals surface area contributed by atoms with Gasteiger partial charge in [-0.05, 0) is 19.3 Å². The van der Waals surface area contributed by atoms with Crippen LogP contribution in [0.2, 0.25) is 0 Å². The first-order valence-corrected chi connectivity index (χ1v) is 6.64. The van der Waals surface area contributed by atoms with E-state index in [2.05, 4.69) is 6.92 Å². The number of nitrogens with zero attached hydrogens (tertiary/aromatic N) is 1. The van der Waals surface area contributed by atoms with Crippen molar-refractivity contribution in [1.29, 1.82) is 0 Å². The number of hydrogen-bond donors (Lipinski definition) is 0. The number of likely N-dealkylation sites (tertiary alicyclic amines) is 1. The highest BCUT2D eigenvalue weighted by Crippen LogP contribution is 2.23. The summed E-state index contributed by atoms with van der Waals surface area (Å²) in [7, 11) is 1.47. The predicted octanol–water partition coefficient (Wildman–Crippen LogP) is 3.58. The molecule has 0 spiro atoms. The Morgan fingerprint density at radius 2 is 2.06 bits per heavy atom. The van der Waals surface area contributed by atoms with Crippen molar-refractivity contribution in [2.45, 2.75) is 64.3 Å². The van der Waals surface area contributed by atoms with Crippen LogP contribution in [-0.2, 0) is 4.74 Å². The summed E-state index contributed by atoms with van der Waals surface area (Å²) in [5, 5.41) is 0. The maximum absolute atomic E-state index is 11.5. The molecule has 0 aromatic carbocycles. The van der Waals surface area contributed by atoms with E-state index in [1.165, 1.54) is 39.2 Å². The maximum Gasteiger partial charge on any atom is 0.409 e. The van der Waals surface area contributed by atoms with Crippen molar-refractivity contribution in [3.8, 4) is 0 Å². The van der Waals surface area contributed by atoms with Gasteiger partial charge in [-0.25, -0.2) is 4.79 Å². The van der Waals surface area contributed by atoms with Crippen molar-refractivity contribution >= 4 is 6.09 Å². The van der Waals surface area contributed by atoms with E-state index in [0.717, 1.165) is 25.8 Å². The summed E-state index contributed by atoms with van der Waals surface area (Å²) < 4.78 is 4.80. The molecule has 1 unspecified atom stereocenters. The number of methoxy groups -OCH3 is 1. The minimum atomic E-state index is -0.143. The van der Waals surface area contributed by atoms with Crippen LogP contribution in [0.15, 0.2) is 0 Å². The normalized spacial score (nSPS) is 20.1. The molecule has 1 amide bonds. The van der Waals surface area contributed by atoms with E-state index in [9.17, 15) is 4.79 Å². The fourth-order valence-electron chi connectivity index (χ4n) is 2.48. The molecule has 1 saturated heterocycles. The Morgan fingerprint density at radius 3 is 2.75 bits per heavy atom. The van der Waals surface area contributed by atoms with Gasteiger partial charge in [0.1, 0.15) is 0 Å². The van der Waals surface area contributed by atoms with Crippen molar-refractivity contribution in [1.82, 2.24) is 4.90 Å². The Bertz CT molecular complexity index is 206. The minimum Gasteiger partial charge on any atom is -0.453 e. The molecule has 0 aromatic rings. The number of ether oxygens (including phenoxy) is 1. The smallest absolute Gasteiger partial charge is 0.409 e. The Hall–Kier alpha value is -0.730. The third-order valence-electron chi connectivity index (χ3n) is 3.43. The van der Waals surface area contributed by atoms with Gasteiger partial charge in [-0.1, -0.05) is 39.0 Å². The first kappa shape index (κ1) is 13.3. The van der Waals surface area contributed by atoms with Crippen molar-refractivity contribution in [2.75, 3.05) is 13.7 Å². The summed E-state index contributed by atoms with van der Waals surface area (Å²) in [4.78, 5) is 13.4. The number of carbonyl (C=O) groups is 1. The zero-order valence-electron chi connectivity index (χ0n) is 10.7. The lowest BCUT2D eigenvalue weighted by Crippen LogP contribution is -2.35. The van der Waals surface area contributed by atoms with Crippen LogP contribution in [0.4, 0.5) is 4.79 Å². The van der Waals surface area contributed by atoms with Gasteiger partial charge < -0.3 is 9.64 Å². The minimum absolute atomic E-state index is 0.143. The molecule has 3 nitrogen and oxygen atoms in total. The van der Waals surface area contributed by atoms with Crippen LogP contribution in [0.1, 0.15) is 58.3 Å². The Balaban J connectivity index is 2.17. The fourth-order valence-corrected chi connectivity index (χ4v) is 2.48. The summed E-state index contributed by atoms with van der Waals surface area (Å²) in [6.07, 6.45) is 9.81. The van der Waals surface area contributed by atoms with Crippen LogP contribution < -0.4 is 0 Å². The molecule has 3 heteroatoms. The highest BCUT2D eigenvalue weighted by molar-refractivity contribution is 5.68. The molecular weight excluding hydrogens is 202 g/mol. The second kappa shape index (κ2) is 7.53. The average Bonchev–Trinajstić information content (AvgIpc) is 2.76. The lowest BCUT2D eigenvalue weighted by molar-refractivity contribution is 0.116. The molecule has 0 N–H and O–H groups in total. The molecule has 0 bridgehead atoms. The van der Waals surface area contributed by atoms with Crippen LogP contribution >= 0.6 is 0 Å². The lowest BCUT2D eigenvalue weighted by Gasteiger charge is -2.23. The molecule has 0 aliphatic carbocycles. The molecule has 16 heavy (non-hydrogen) atoms. The van der Waals surface area contributed by atoms with Gasteiger partial charge in [0.15, 0.2) is 0 Å². The number of unbranched alkanes of at least 4 members (excludes halogenated alkanes) is 4. The Kier molecular flexibility index (Phi) is 6.27. The van der Waals surface area contributed by atoms with Gasteiger partial charge in [-0.3, -0.25) is 0 Å². The SMILES string of the molecule is CCCCCCCC1CCCN1C(=O)OC. The zero-order valence-corrected chi connectivity index (χ0v) is 10.7. The summed E-state index contributed by atoms with van der Waals surface area (Å²) in [5.74, 6) is 0. The van der Waals surface area contributed by atoms with E-state index < -0.39 is 0 Å². The number of hydrogen-bond acceptors (Lipinski definition) is 2. The van der Waals surface area contributed by atoms with Gasteiger partial charge in [0.05, 0.1) is 7.11 Å². The highest BCUT2D eigenvalue weighted by Gasteiger charge is 2.28. The predicted molar refractivity (Wildman–Crippen MR) is 65.5 cm³/mol. The van der Waals surface area contributed by atoms with Gasteiger partial charge in [-0.2, -0.15) is 0 Å². The third kappa shape index (κ3) is 4.03. The van der Waals surface area contributed by atoms with E-state index >= 15 is 0 Å². The second-order valence-corrected chi connectivity index (χ2v) is 4.66. The molecule has 1 aliphatic rings. The Morgan fingerprint density at radius 1 is 1.31 bits per heavy atom. The second-order valence-electron chi connectivity index (χ2n) is 4.66. The monoisotopic (exact) mass is 227 g/mol. The van der Waals surface area contributed by atoms with E-state index in [1.807, 2.05) is 4.90 Å². The first-order chi connectivity index (χ1) is 7.79. The summed E-state index contributed by atoms with van der Waals surface area (Å²) in [5.41, 5.74) is 0. The number of amides is 1. The van der Waals surface area contributed by atoms with Crippen LogP contribution in [0.5, 0.6) is 0 Å². The van der Waals surface area contributed by atoms with Crippen molar-refractivity contribution < 1.29 is 9.53 Å². The standard InChI is InChI=1S/C13H25NO2/c1-3-4-5-6-7-9-12-10-8-11-14(12)13(15)16-2/h12H,3-11H2,1-2H3. The highest BCUT2D eigenvalue weighted by atomic mass is 16.5. The largest absolute Gasteiger partial charge is 0.453 e. The summed E-state index contributed by atoms with van der Waals surface area (Å²) in [6, 6.07) is 0.439. The topological polar surface area (TPSA) is 29.5 Å². The average molecular weight is 227 g/mol. The molecule has 1 heterocycles. The van der Waals surface area contributed by atoms with Crippen molar-refractivity contribution in [2.24, 2.45) is 0 Å². The van der Waals surface area contributed by atoms with E-state index in [0.29, 0.717) is 6.04 Å². The lowest BCUT2D eigenvalue weighted by atomic mass is 10.0. The molecule has 0 radical (unpaired) electrons. The summed E-state index contributed by atoms with van der Waals surface area (Å²) in [6.45, 7) is 3.11.